The molecule has 0 amide bonds. The fourth-order valence-corrected chi connectivity index (χ4v) is 2.31. The van der Waals surface area contributed by atoms with E-state index in [0.717, 1.165) is 11.6 Å². The quantitative estimate of drug-likeness (QED) is 0.730. The Morgan fingerprint density at radius 2 is 1.77 bits per heavy atom. The van der Waals surface area contributed by atoms with E-state index >= 15 is 0 Å². The highest BCUT2D eigenvalue weighted by Gasteiger charge is 2.31. The largest absolute Gasteiger partial charge is 0.573 e. The lowest BCUT2D eigenvalue weighted by atomic mass is 9.88. The van der Waals surface area contributed by atoms with Gasteiger partial charge in [0.1, 0.15) is 5.75 Å². The highest BCUT2D eigenvalue weighted by molar-refractivity contribution is 6.01. The smallest absolute Gasteiger partial charge is 0.406 e. The van der Waals surface area contributed by atoms with Crippen molar-refractivity contribution in [3.63, 3.8) is 0 Å². The average Bonchev–Trinajstić information content (AvgIpc) is 2.47. The zero-order chi connectivity index (χ0) is 16.2. The molecule has 2 nitrogen and oxygen atoms in total. The van der Waals surface area contributed by atoms with E-state index in [4.69, 9.17) is 0 Å². The molecule has 1 atom stereocenters. The molecule has 0 aliphatic carbocycles. The van der Waals surface area contributed by atoms with Crippen LogP contribution in [-0.2, 0) is 0 Å². The van der Waals surface area contributed by atoms with Crippen LogP contribution in [0.2, 0.25) is 0 Å². The maximum atomic E-state index is 12.6. The maximum absolute atomic E-state index is 12.6. The molecule has 2 aromatic rings. The summed E-state index contributed by atoms with van der Waals surface area (Å²) in [5, 5.41) is 0. The molecule has 0 heterocycles. The van der Waals surface area contributed by atoms with E-state index in [9.17, 15) is 18.0 Å². The number of rotatable bonds is 5. The molecule has 0 fully saturated rings. The predicted molar refractivity (Wildman–Crippen MR) is 76.9 cm³/mol. The van der Waals surface area contributed by atoms with Crippen LogP contribution >= 0.6 is 0 Å². The van der Waals surface area contributed by atoms with E-state index in [-0.39, 0.29) is 23.0 Å². The number of ketones is 1. The number of ether oxygens (including phenoxy) is 1. The highest BCUT2D eigenvalue weighted by atomic mass is 19.4. The summed E-state index contributed by atoms with van der Waals surface area (Å²) < 4.78 is 40.6. The lowest BCUT2D eigenvalue weighted by Gasteiger charge is -2.15. The van der Waals surface area contributed by atoms with Gasteiger partial charge < -0.3 is 4.74 Å². The molecule has 5 heteroatoms. The first kappa shape index (κ1) is 16.1. The number of hydrogen-bond donors (Lipinski definition) is 0. The van der Waals surface area contributed by atoms with Gasteiger partial charge in [-0.2, -0.15) is 0 Å². The molecule has 0 aromatic heterocycles. The molecule has 0 bridgehead atoms. The monoisotopic (exact) mass is 308 g/mol. The van der Waals surface area contributed by atoms with Gasteiger partial charge in [0.05, 0.1) is 0 Å². The van der Waals surface area contributed by atoms with Crippen molar-refractivity contribution in [3.8, 4) is 5.75 Å². The van der Waals surface area contributed by atoms with E-state index < -0.39 is 6.36 Å². The van der Waals surface area contributed by atoms with Gasteiger partial charge in [0.25, 0.3) is 0 Å². The van der Waals surface area contributed by atoms with Gasteiger partial charge in [-0.25, -0.2) is 0 Å². The van der Waals surface area contributed by atoms with E-state index in [2.05, 4.69) is 4.74 Å². The Morgan fingerprint density at radius 1 is 1.09 bits per heavy atom. The molecule has 22 heavy (non-hydrogen) atoms. The first-order valence-electron chi connectivity index (χ1n) is 6.85. The molecule has 0 aliphatic heterocycles. The molecule has 0 N–H and O–H groups in total. The third-order valence-corrected chi connectivity index (χ3v) is 3.28. The molecule has 0 saturated heterocycles. The number of alkyl halides is 3. The van der Waals surface area contributed by atoms with Crippen LogP contribution in [0.15, 0.2) is 54.6 Å². The topological polar surface area (TPSA) is 26.3 Å². The lowest BCUT2D eigenvalue weighted by molar-refractivity contribution is -0.274. The van der Waals surface area contributed by atoms with Crippen LogP contribution in [-0.4, -0.2) is 12.1 Å². The third-order valence-electron chi connectivity index (χ3n) is 3.28. The van der Waals surface area contributed by atoms with E-state index in [0.29, 0.717) is 6.42 Å². The standard InChI is InChI=1S/C17H15F3O2/c1-2-15(12-7-4-3-5-8-12)16(21)13-9-6-10-14(11-13)22-17(18,19)20/h3-11,15H,2H2,1H3. The molecule has 0 radical (unpaired) electrons. The number of Topliss-reactive ketones (excluding diaryl/α,β-unsaturated/α-hetero) is 1. The van der Waals surface area contributed by atoms with Crippen molar-refractivity contribution in [1.82, 2.24) is 0 Å². The lowest BCUT2D eigenvalue weighted by Crippen LogP contribution is -2.18. The fourth-order valence-electron chi connectivity index (χ4n) is 2.31. The summed E-state index contributed by atoms with van der Waals surface area (Å²) in [6.07, 6.45) is -4.21. The van der Waals surface area contributed by atoms with Crippen LogP contribution in [0, 0.1) is 0 Å². The predicted octanol–water partition coefficient (Wildman–Crippen LogP) is 4.96. The molecule has 2 aromatic carbocycles. The Bertz CT molecular complexity index is 636. The fraction of sp³-hybridized carbons (Fsp3) is 0.235. The minimum atomic E-state index is -4.77. The SMILES string of the molecule is CCC(C(=O)c1cccc(OC(F)(F)F)c1)c1ccccc1. The summed E-state index contributed by atoms with van der Waals surface area (Å²) >= 11 is 0. The molecular weight excluding hydrogens is 293 g/mol. The molecular formula is C17H15F3O2. The molecule has 2 rings (SSSR count). The molecule has 0 aliphatic rings. The first-order valence-corrected chi connectivity index (χ1v) is 6.85. The summed E-state index contributed by atoms with van der Waals surface area (Å²) in [5.74, 6) is -0.995. The molecule has 116 valence electrons. The van der Waals surface area contributed by atoms with E-state index in [1.54, 1.807) is 0 Å². The Kier molecular flexibility index (Phi) is 4.85. The third kappa shape index (κ3) is 4.10. The summed E-state index contributed by atoms with van der Waals surface area (Å²) in [6.45, 7) is 1.87. The average molecular weight is 308 g/mol. The van der Waals surface area contributed by atoms with Gasteiger partial charge in [-0.3, -0.25) is 4.79 Å². The summed E-state index contributed by atoms with van der Waals surface area (Å²) in [6, 6.07) is 14.4. The molecule has 0 saturated carbocycles. The summed E-state index contributed by atoms with van der Waals surface area (Å²) in [4.78, 5) is 12.6. The van der Waals surface area contributed by atoms with Crippen LogP contribution < -0.4 is 4.74 Å². The normalized spacial score (nSPS) is 12.7. The number of hydrogen-bond acceptors (Lipinski definition) is 2. The second-order valence-corrected chi connectivity index (χ2v) is 4.81. The Balaban J connectivity index is 2.27. The van der Waals surface area contributed by atoms with Crippen molar-refractivity contribution in [1.29, 1.82) is 0 Å². The Morgan fingerprint density at radius 3 is 2.36 bits per heavy atom. The zero-order valence-electron chi connectivity index (χ0n) is 11.9. The number of carbonyl (C=O) groups excluding carboxylic acids is 1. The second-order valence-electron chi connectivity index (χ2n) is 4.81. The Labute approximate surface area is 126 Å². The maximum Gasteiger partial charge on any atom is 0.573 e. The summed E-state index contributed by atoms with van der Waals surface area (Å²) in [7, 11) is 0. The van der Waals surface area contributed by atoms with Crippen LogP contribution in [0.1, 0.15) is 35.2 Å². The van der Waals surface area contributed by atoms with Gasteiger partial charge in [-0.05, 0) is 24.1 Å². The van der Waals surface area contributed by atoms with E-state index in [1.165, 1.54) is 18.2 Å². The zero-order valence-corrected chi connectivity index (χ0v) is 11.9. The van der Waals surface area contributed by atoms with Gasteiger partial charge in [0.15, 0.2) is 5.78 Å². The first-order chi connectivity index (χ1) is 10.4. The van der Waals surface area contributed by atoms with Crippen LogP contribution in [0.25, 0.3) is 0 Å². The number of carbonyl (C=O) groups is 1. The minimum absolute atomic E-state index is 0.206. The van der Waals surface area contributed by atoms with E-state index in [1.807, 2.05) is 37.3 Å². The van der Waals surface area contributed by atoms with Crippen molar-refractivity contribution >= 4 is 5.78 Å². The molecule has 1 unspecified atom stereocenters. The number of halogens is 3. The van der Waals surface area contributed by atoms with Gasteiger partial charge in [-0.15, -0.1) is 13.2 Å². The van der Waals surface area contributed by atoms with Gasteiger partial charge in [0, 0.05) is 11.5 Å². The van der Waals surface area contributed by atoms with Crippen LogP contribution in [0.5, 0.6) is 5.75 Å². The Hall–Kier alpha value is -2.30. The number of benzene rings is 2. The van der Waals surface area contributed by atoms with Gasteiger partial charge in [-0.1, -0.05) is 49.4 Å². The van der Waals surface area contributed by atoms with Crippen molar-refractivity contribution in [2.75, 3.05) is 0 Å². The van der Waals surface area contributed by atoms with Gasteiger partial charge >= 0.3 is 6.36 Å². The van der Waals surface area contributed by atoms with Crippen molar-refractivity contribution < 1.29 is 22.7 Å². The van der Waals surface area contributed by atoms with Crippen molar-refractivity contribution in [2.24, 2.45) is 0 Å². The van der Waals surface area contributed by atoms with Crippen molar-refractivity contribution in [3.05, 3.63) is 65.7 Å². The second kappa shape index (κ2) is 6.64. The van der Waals surface area contributed by atoms with Crippen LogP contribution in [0.4, 0.5) is 13.2 Å². The van der Waals surface area contributed by atoms with Crippen molar-refractivity contribution in [2.45, 2.75) is 25.6 Å². The highest BCUT2D eigenvalue weighted by Crippen LogP contribution is 2.28. The molecule has 0 spiro atoms. The van der Waals surface area contributed by atoms with Crippen LogP contribution in [0.3, 0.4) is 0 Å². The van der Waals surface area contributed by atoms with Gasteiger partial charge in [0.2, 0.25) is 0 Å². The summed E-state index contributed by atoms with van der Waals surface area (Å²) in [5.41, 5.74) is 1.05. The minimum Gasteiger partial charge on any atom is -0.406 e.